The normalized spacial score (nSPS) is 24.6. The monoisotopic (exact) mass is 282 g/mol. The fourth-order valence-corrected chi connectivity index (χ4v) is 2.92. The molecule has 1 saturated carbocycles. The van der Waals surface area contributed by atoms with Crippen LogP contribution in [0.4, 0.5) is 0 Å². The van der Waals surface area contributed by atoms with Crippen molar-refractivity contribution in [1.29, 1.82) is 0 Å². The quantitative estimate of drug-likeness (QED) is 0.717. The standard InChI is InChI=1S/C17H34N2O/c1-5-15-6-8-16(9-7-15)12-19-14(4)17(20)18-11-10-13(2)3/h13-16,19H,5-12H2,1-4H3,(H,18,20). The number of nitrogens with one attached hydrogen (secondary N) is 2. The van der Waals surface area contributed by atoms with E-state index < -0.39 is 0 Å². The van der Waals surface area contributed by atoms with Crippen LogP contribution in [0.5, 0.6) is 0 Å². The first-order valence-electron chi connectivity index (χ1n) is 8.54. The summed E-state index contributed by atoms with van der Waals surface area (Å²) < 4.78 is 0. The molecule has 3 heteroatoms. The largest absolute Gasteiger partial charge is 0.355 e. The van der Waals surface area contributed by atoms with Gasteiger partial charge in [0.25, 0.3) is 0 Å². The van der Waals surface area contributed by atoms with E-state index in [1.165, 1.54) is 32.1 Å². The molecule has 118 valence electrons. The van der Waals surface area contributed by atoms with Gasteiger partial charge < -0.3 is 10.6 Å². The molecule has 1 amide bonds. The Balaban J connectivity index is 2.13. The van der Waals surface area contributed by atoms with E-state index in [1.807, 2.05) is 6.92 Å². The summed E-state index contributed by atoms with van der Waals surface area (Å²) >= 11 is 0. The summed E-state index contributed by atoms with van der Waals surface area (Å²) in [5.74, 6) is 2.51. The summed E-state index contributed by atoms with van der Waals surface area (Å²) in [4.78, 5) is 11.9. The Kier molecular flexibility index (Phi) is 8.20. The molecule has 0 aromatic rings. The smallest absolute Gasteiger partial charge is 0.236 e. The van der Waals surface area contributed by atoms with Gasteiger partial charge in [0.05, 0.1) is 6.04 Å². The summed E-state index contributed by atoms with van der Waals surface area (Å²) in [5.41, 5.74) is 0. The first kappa shape index (κ1) is 17.5. The van der Waals surface area contributed by atoms with Gasteiger partial charge in [-0.3, -0.25) is 4.79 Å². The van der Waals surface area contributed by atoms with Crippen molar-refractivity contribution in [3.8, 4) is 0 Å². The molecule has 20 heavy (non-hydrogen) atoms. The highest BCUT2D eigenvalue weighted by Crippen LogP contribution is 2.30. The van der Waals surface area contributed by atoms with Crippen LogP contribution in [0.3, 0.4) is 0 Å². The summed E-state index contributed by atoms with van der Waals surface area (Å²) in [6, 6.07) is -0.0638. The molecular weight excluding hydrogens is 248 g/mol. The predicted octanol–water partition coefficient (Wildman–Crippen LogP) is 3.34. The van der Waals surface area contributed by atoms with E-state index in [0.29, 0.717) is 5.92 Å². The molecule has 0 aromatic heterocycles. The highest BCUT2D eigenvalue weighted by molar-refractivity contribution is 5.81. The highest BCUT2D eigenvalue weighted by Gasteiger charge is 2.21. The van der Waals surface area contributed by atoms with E-state index in [0.717, 1.165) is 31.3 Å². The van der Waals surface area contributed by atoms with Gasteiger partial charge in [0.2, 0.25) is 5.91 Å². The van der Waals surface area contributed by atoms with Gasteiger partial charge in [-0.05, 0) is 50.5 Å². The van der Waals surface area contributed by atoms with Gasteiger partial charge in [-0.2, -0.15) is 0 Å². The van der Waals surface area contributed by atoms with E-state index in [1.54, 1.807) is 0 Å². The third-order valence-corrected chi connectivity index (χ3v) is 4.67. The van der Waals surface area contributed by atoms with Crippen molar-refractivity contribution >= 4 is 5.91 Å². The Morgan fingerprint density at radius 1 is 1.10 bits per heavy atom. The Labute approximate surface area is 125 Å². The second kappa shape index (κ2) is 9.38. The van der Waals surface area contributed by atoms with Gasteiger partial charge >= 0.3 is 0 Å². The van der Waals surface area contributed by atoms with Gasteiger partial charge in [0, 0.05) is 6.54 Å². The zero-order valence-corrected chi connectivity index (χ0v) is 13.9. The zero-order chi connectivity index (χ0) is 15.0. The SMILES string of the molecule is CCC1CCC(CNC(C)C(=O)NCCC(C)C)CC1. The third-order valence-electron chi connectivity index (χ3n) is 4.67. The van der Waals surface area contributed by atoms with Crippen molar-refractivity contribution in [2.45, 2.75) is 72.3 Å². The Morgan fingerprint density at radius 3 is 2.25 bits per heavy atom. The van der Waals surface area contributed by atoms with Crippen LogP contribution in [0.2, 0.25) is 0 Å². The van der Waals surface area contributed by atoms with Gasteiger partial charge in [0.15, 0.2) is 0 Å². The average molecular weight is 282 g/mol. The fourth-order valence-electron chi connectivity index (χ4n) is 2.92. The Hall–Kier alpha value is -0.570. The van der Waals surface area contributed by atoms with Crippen molar-refractivity contribution in [2.24, 2.45) is 17.8 Å². The maximum absolute atomic E-state index is 11.9. The van der Waals surface area contributed by atoms with Gasteiger partial charge in [-0.25, -0.2) is 0 Å². The van der Waals surface area contributed by atoms with Crippen molar-refractivity contribution in [3.63, 3.8) is 0 Å². The maximum atomic E-state index is 11.9. The lowest BCUT2D eigenvalue weighted by molar-refractivity contribution is -0.122. The summed E-state index contributed by atoms with van der Waals surface area (Å²) in [6.45, 7) is 10.4. The number of rotatable bonds is 8. The minimum atomic E-state index is -0.0638. The molecule has 0 heterocycles. The molecule has 1 aliphatic rings. The molecule has 0 saturated heterocycles. The number of carbonyl (C=O) groups excluding carboxylic acids is 1. The van der Waals surface area contributed by atoms with E-state index in [2.05, 4.69) is 31.4 Å². The minimum Gasteiger partial charge on any atom is -0.355 e. The maximum Gasteiger partial charge on any atom is 0.236 e. The lowest BCUT2D eigenvalue weighted by Crippen LogP contribution is -2.44. The van der Waals surface area contributed by atoms with Crippen LogP contribution < -0.4 is 10.6 Å². The third kappa shape index (κ3) is 6.74. The molecule has 1 fully saturated rings. The lowest BCUT2D eigenvalue weighted by Gasteiger charge is -2.28. The minimum absolute atomic E-state index is 0.0638. The van der Waals surface area contributed by atoms with Crippen molar-refractivity contribution in [3.05, 3.63) is 0 Å². The van der Waals surface area contributed by atoms with Crippen molar-refractivity contribution in [1.82, 2.24) is 10.6 Å². The molecule has 1 unspecified atom stereocenters. The molecule has 0 bridgehead atoms. The van der Waals surface area contributed by atoms with Crippen LogP contribution in [0.25, 0.3) is 0 Å². The lowest BCUT2D eigenvalue weighted by atomic mass is 9.81. The van der Waals surface area contributed by atoms with Crippen molar-refractivity contribution in [2.75, 3.05) is 13.1 Å². The highest BCUT2D eigenvalue weighted by atomic mass is 16.2. The molecule has 0 spiro atoms. The van der Waals surface area contributed by atoms with Gasteiger partial charge in [-0.1, -0.05) is 40.0 Å². The first-order valence-corrected chi connectivity index (χ1v) is 8.54. The summed E-state index contributed by atoms with van der Waals surface area (Å²) in [5, 5.41) is 6.43. The fraction of sp³-hybridized carbons (Fsp3) is 0.941. The molecule has 2 N–H and O–H groups in total. The molecule has 3 nitrogen and oxygen atoms in total. The van der Waals surface area contributed by atoms with Gasteiger partial charge in [0.1, 0.15) is 0 Å². The van der Waals surface area contributed by atoms with Crippen LogP contribution in [-0.4, -0.2) is 25.0 Å². The number of carbonyl (C=O) groups is 1. The van der Waals surface area contributed by atoms with Crippen LogP contribution in [0.1, 0.15) is 66.2 Å². The van der Waals surface area contributed by atoms with Crippen LogP contribution in [0.15, 0.2) is 0 Å². The van der Waals surface area contributed by atoms with E-state index in [4.69, 9.17) is 0 Å². The topological polar surface area (TPSA) is 41.1 Å². The summed E-state index contributed by atoms with van der Waals surface area (Å²) in [6.07, 6.45) is 7.78. The van der Waals surface area contributed by atoms with E-state index >= 15 is 0 Å². The molecular formula is C17H34N2O. The Bertz CT molecular complexity index is 270. The molecule has 0 aromatic carbocycles. The number of hydrogen-bond acceptors (Lipinski definition) is 2. The molecule has 1 atom stereocenters. The second-order valence-electron chi connectivity index (χ2n) is 6.90. The van der Waals surface area contributed by atoms with E-state index in [-0.39, 0.29) is 11.9 Å². The first-order chi connectivity index (χ1) is 9.52. The van der Waals surface area contributed by atoms with Crippen LogP contribution in [0, 0.1) is 17.8 Å². The average Bonchev–Trinajstić information content (AvgIpc) is 2.44. The van der Waals surface area contributed by atoms with Gasteiger partial charge in [-0.15, -0.1) is 0 Å². The number of amides is 1. The Morgan fingerprint density at radius 2 is 1.70 bits per heavy atom. The number of hydrogen-bond donors (Lipinski definition) is 2. The van der Waals surface area contributed by atoms with Crippen LogP contribution in [-0.2, 0) is 4.79 Å². The molecule has 0 aliphatic heterocycles. The molecule has 1 rings (SSSR count). The van der Waals surface area contributed by atoms with Crippen molar-refractivity contribution < 1.29 is 4.79 Å². The summed E-state index contributed by atoms with van der Waals surface area (Å²) in [7, 11) is 0. The van der Waals surface area contributed by atoms with E-state index in [9.17, 15) is 4.79 Å². The van der Waals surface area contributed by atoms with Crippen LogP contribution >= 0.6 is 0 Å². The molecule has 0 radical (unpaired) electrons. The predicted molar refractivity (Wildman–Crippen MR) is 85.7 cm³/mol. The zero-order valence-electron chi connectivity index (χ0n) is 13.9. The molecule has 1 aliphatic carbocycles. The second-order valence-corrected chi connectivity index (χ2v) is 6.90.